The van der Waals surface area contributed by atoms with Crippen molar-refractivity contribution in [3.63, 3.8) is 0 Å². The standard InChI is InChI=1S/C13H26N2O/c1-3-13-10-15(6-7-16-13)9-12-4-5-14-11(2)8-12/h11-14H,3-10H2,1-2H3. The Hall–Kier alpha value is -0.120. The Bertz CT molecular complexity index is 210. The summed E-state index contributed by atoms with van der Waals surface area (Å²) in [6, 6.07) is 0.710. The van der Waals surface area contributed by atoms with Crippen LogP contribution in [0.15, 0.2) is 0 Å². The summed E-state index contributed by atoms with van der Waals surface area (Å²) in [6.45, 7) is 10.2. The van der Waals surface area contributed by atoms with Crippen LogP contribution >= 0.6 is 0 Å². The van der Waals surface area contributed by atoms with Crippen LogP contribution in [0.1, 0.15) is 33.1 Å². The predicted molar refractivity (Wildman–Crippen MR) is 66.7 cm³/mol. The number of ether oxygens (including phenoxy) is 1. The van der Waals surface area contributed by atoms with Crippen molar-refractivity contribution in [2.24, 2.45) is 5.92 Å². The van der Waals surface area contributed by atoms with Crippen LogP contribution in [0.2, 0.25) is 0 Å². The molecule has 0 aromatic heterocycles. The van der Waals surface area contributed by atoms with Crippen molar-refractivity contribution >= 4 is 0 Å². The summed E-state index contributed by atoms with van der Waals surface area (Å²) in [5.41, 5.74) is 0. The van der Waals surface area contributed by atoms with Gasteiger partial charge in [-0.2, -0.15) is 0 Å². The first-order chi connectivity index (χ1) is 7.78. The molecule has 2 fully saturated rings. The number of hydrogen-bond donors (Lipinski definition) is 1. The van der Waals surface area contributed by atoms with Crippen LogP contribution in [0.25, 0.3) is 0 Å². The van der Waals surface area contributed by atoms with Crippen LogP contribution in [-0.4, -0.2) is 49.8 Å². The average molecular weight is 226 g/mol. The lowest BCUT2D eigenvalue weighted by Gasteiger charge is -2.37. The number of rotatable bonds is 3. The van der Waals surface area contributed by atoms with E-state index < -0.39 is 0 Å². The van der Waals surface area contributed by atoms with Crippen molar-refractivity contribution in [2.75, 3.05) is 32.8 Å². The van der Waals surface area contributed by atoms with Crippen LogP contribution in [-0.2, 0) is 4.74 Å². The molecule has 2 rings (SSSR count). The lowest BCUT2D eigenvalue weighted by atomic mass is 9.92. The first-order valence-electron chi connectivity index (χ1n) is 6.85. The van der Waals surface area contributed by atoms with Gasteiger partial charge in [0.25, 0.3) is 0 Å². The smallest absolute Gasteiger partial charge is 0.0700 e. The van der Waals surface area contributed by atoms with E-state index in [-0.39, 0.29) is 0 Å². The van der Waals surface area contributed by atoms with Gasteiger partial charge in [0.1, 0.15) is 0 Å². The summed E-state index contributed by atoms with van der Waals surface area (Å²) in [4.78, 5) is 2.61. The Morgan fingerprint density at radius 1 is 1.44 bits per heavy atom. The SMILES string of the molecule is CCC1CN(CC2CCNC(C)C2)CCO1. The van der Waals surface area contributed by atoms with Gasteiger partial charge in [-0.15, -0.1) is 0 Å². The Balaban J connectivity index is 1.75. The molecule has 3 unspecified atom stereocenters. The van der Waals surface area contributed by atoms with E-state index in [0.29, 0.717) is 12.1 Å². The number of hydrogen-bond acceptors (Lipinski definition) is 3. The van der Waals surface area contributed by atoms with E-state index in [4.69, 9.17) is 4.74 Å². The molecule has 1 N–H and O–H groups in total. The van der Waals surface area contributed by atoms with Crippen molar-refractivity contribution in [3.05, 3.63) is 0 Å². The molecule has 16 heavy (non-hydrogen) atoms. The third kappa shape index (κ3) is 3.44. The van der Waals surface area contributed by atoms with E-state index in [9.17, 15) is 0 Å². The van der Waals surface area contributed by atoms with Gasteiger partial charge in [-0.05, 0) is 38.6 Å². The Morgan fingerprint density at radius 3 is 3.06 bits per heavy atom. The van der Waals surface area contributed by atoms with E-state index in [2.05, 4.69) is 24.1 Å². The summed E-state index contributed by atoms with van der Waals surface area (Å²) < 4.78 is 5.71. The largest absolute Gasteiger partial charge is 0.376 e. The minimum atomic E-state index is 0.480. The molecule has 3 atom stereocenters. The molecule has 0 aliphatic carbocycles. The molecular formula is C13H26N2O. The molecule has 0 aromatic rings. The Kier molecular flexibility index (Phi) is 4.62. The second-order valence-electron chi connectivity index (χ2n) is 5.41. The minimum absolute atomic E-state index is 0.480. The molecule has 0 amide bonds. The predicted octanol–water partition coefficient (Wildman–Crippen LogP) is 1.49. The van der Waals surface area contributed by atoms with Gasteiger partial charge in [-0.25, -0.2) is 0 Å². The topological polar surface area (TPSA) is 24.5 Å². The first kappa shape index (κ1) is 12.3. The van der Waals surface area contributed by atoms with E-state index in [1.54, 1.807) is 0 Å². The zero-order valence-electron chi connectivity index (χ0n) is 10.7. The van der Waals surface area contributed by atoms with E-state index >= 15 is 0 Å². The van der Waals surface area contributed by atoms with Crippen LogP contribution in [0.5, 0.6) is 0 Å². The van der Waals surface area contributed by atoms with Gasteiger partial charge >= 0.3 is 0 Å². The molecule has 2 heterocycles. The maximum absolute atomic E-state index is 5.71. The zero-order valence-corrected chi connectivity index (χ0v) is 10.7. The molecule has 0 aromatic carbocycles. The minimum Gasteiger partial charge on any atom is -0.376 e. The number of morpholine rings is 1. The molecule has 2 aliphatic heterocycles. The molecule has 0 saturated carbocycles. The fourth-order valence-corrected chi connectivity index (χ4v) is 2.96. The third-order valence-corrected chi connectivity index (χ3v) is 3.93. The van der Waals surface area contributed by atoms with Gasteiger partial charge in [0, 0.05) is 25.7 Å². The number of piperidine rings is 1. The van der Waals surface area contributed by atoms with Gasteiger partial charge in [0.2, 0.25) is 0 Å². The van der Waals surface area contributed by atoms with Crippen molar-refractivity contribution in [1.29, 1.82) is 0 Å². The quantitative estimate of drug-likeness (QED) is 0.789. The van der Waals surface area contributed by atoms with Gasteiger partial charge in [-0.1, -0.05) is 6.92 Å². The molecule has 3 nitrogen and oxygen atoms in total. The van der Waals surface area contributed by atoms with E-state index in [0.717, 1.165) is 32.0 Å². The molecule has 2 aliphatic rings. The molecule has 0 bridgehead atoms. The molecular weight excluding hydrogens is 200 g/mol. The lowest BCUT2D eigenvalue weighted by molar-refractivity contribution is -0.0357. The second kappa shape index (κ2) is 5.99. The highest BCUT2D eigenvalue weighted by molar-refractivity contribution is 4.79. The van der Waals surface area contributed by atoms with Crippen LogP contribution in [0.4, 0.5) is 0 Å². The fraction of sp³-hybridized carbons (Fsp3) is 1.00. The van der Waals surface area contributed by atoms with Crippen LogP contribution < -0.4 is 5.32 Å². The second-order valence-corrected chi connectivity index (χ2v) is 5.41. The highest BCUT2D eigenvalue weighted by Gasteiger charge is 2.24. The Morgan fingerprint density at radius 2 is 2.31 bits per heavy atom. The average Bonchev–Trinajstić information content (AvgIpc) is 2.29. The normalized spacial score (nSPS) is 37.5. The van der Waals surface area contributed by atoms with Crippen molar-refractivity contribution < 1.29 is 4.74 Å². The third-order valence-electron chi connectivity index (χ3n) is 3.93. The summed E-state index contributed by atoms with van der Waals surface area (Å²) in [5.74, 6) is 0.895. The summed E-state index contributed by atoms with van der Waals surface area (Å²) in [5, 5.41) is 3.53. The van der Waals surface area contributed by atoms with E-state index in [1.807, 2.05) is 0 Å². The maximum Gasteiger partial charge on any atom is 0.0700 e. The number of nitrogens with zero attached hydrogens (tertiary/aromatic N) is 1. The fourth-order valence-electron chi connectivity index (χ4n) is 2.96. The zero-order chi connectivity index (χ0) is 11.4. The molecule has 0 spiro atoms. The van der Waals surface area contributed by atoms with Crippen LogP contribution in [0, 0.1) is 5.92 Å². The maximum atomic E-state index is 5.71. The monoisotopic (exact) mass is 226 g/mol. The van der Waals surface area contributed by atoms with Crippen molar-refractivity contribution in [1.82, 2.24) is 10.2 Å². The molecule has 3 heteroatoms. The van der Waals surface area contributed by atoms with Gasteiger partial charge in [-0.3, -0.25) is 4.90 Å². The van der Waals surface area contributed by atoms with Crippen molar-refractivity contribution in [2.45, 2.75) is 45.3 Å². The van der Waals surface area contributed by atoms with E-state index in [1.165, 1.54) is 25.9 Å². The van der Waals surface area contributed by atoms with Gasteiger partial charge in [0.05, 0.1) is 12.7 Å². The molecule has 94 valence electrons. The van der Waals surface area contributed by atoms with Gasteiger partial charge in [0.15, 0.2) is 0 Å². The molecule has 0 radical (unpaired) electrons. The molecule has 2 saturated heterocycles. The van der Waals surface area contributed by atoms with Crippen molar-refractivity contribution in [3.8, 4) is 0 Å². The summed E-state index contributed by atoms with van der Waals surface area (Å²) >= 11 is 0. The van der Waals surface area contributed by atoms with Gasteiger partial charge < -0.3 is 10.1 Å². The Labute approximate surface area is 99.5 Å². The lowest BCUT2D eigenvalue weighted by Crippen LogP contribution is -2.46. The highest BCUT2D eigenvalue weighted by atomic mass is 16.5. The highest BCUT2D eigenvalue weighted by Crippen LogP contribution is 2.19. The summed E-state index contributed by atoms with van der Waals surface area (Å²) in [7, 11) is 0. The number of nitrogens with one attached hydrogen (secondary N) is 1. The summed E-state index contributed by atoms with van der Waals surface area (Å²) in [6.07, 6.45) is 4.32. The first-order valence-corrected chi connectivity index (χ1v) is 6.85. The van der Waals surface area contributed by atoms with Crippen LogP contribution in [0.3, 0.4) is 0 Å².